The summed E-state index contributed by atoms with van der Waals surface area (Å²) in [7, 11) is 0. The molecule has 0 atom stereocenters. The third-order valence-corrected chi connectivity index (χ3v) is 5.17. The number of phenols is 1. The number of para-hydroxylation sites is 1. The lowest BCUT2D eigenvalue weighted by Gasteiger charge is -2.32. The van der Waals surface area contributed by atoms with Gasteiger partial charge in [0, 0.05) is 24.7 Å². The minimum absolute atomic E-state index is 0.0208. The summed E-state index contributed by atoms with van der Waals surface area (Å²) in [5.74, 6) is -0.432. The maximum Gasteiger partial charge on any atom is 0.257 e. The van der Waals surface area contributed by atoms with Crippen LogP contribution in [0.2, 0.25) is 10.0 Å². The third-order valence-electron chi connectivity index (χ3n) is 4.43. The van der Waals surface area contributed by atoms with Gasteiger partial charge in [0.05, 0.1) is 15.6 Å². The lowest BCUT2D eigenvalue weighted by atomic mass is 10.0. The number of benzene rings is 2. The van der Waals surface area contributed by atoms with Gasteiger partial charge in [-0.2, -0.15) is 0 Å². The predicted molar refractivity (Wildman–Crippen MR) is 101 cm³/mol. The van der Waals surface area contributed by atoms with Crippen LogP contribution in [0.25, 0.3) is 0 Å². The topological polar surface area (TPSA) is 69.6 Å². The molecule has 0 spiro atoms. The first kappa shape index (κ1) is 18.5. The second-order valence-electron chi connectivity index (χ2n) is 6.19. The molecule has 1 aliphatic rings. The van der Waals surface area contributed by atoms with Crippen molar-refractivity contribution in [2.45, 2.75) is 18.9 Å². The molecule has 2 amide bonds. The average Bonchev–Trinajstić information content (AvgIpc) is 2.64. The first-order chi connectivity index (χ1) is 12.5. The van der Waals surface area contributed by atoms with Gasteiger partial charge in [0.25, 0.3) is 11.8 Å². The summed E-state index contributed by atoms with van der Waals surface area (Å²) in [4.78, 5) is 26.5. The van der Waals surface area contributed by atoms with E-state index < -0.39 is 0 Å². The number of rotatable bonds is 3. The molecule has 0 radical (unpaired) electrons. The number of likely N-dealkylation sites (tertiary alicyclic amines) is 1. The number of aromatic hydroxyl groups is 1. The second-order valence-corrected chi connectivity index (χ2v) is 7.00. The van der Waals surface area contributed by atoms with Crippen LogP contribution in [0.5, 0.6) is 5.75 Å². The van der Waals surface area contributed by atoms with Crippen molar-refractivity contribution < 1.29 is 14.7 Å². The van der Waals surface area contributed by atoms with Crippen molar-refractivity contribution in [2.75, 3.05) is 13.1 Å². The van der Waals surface area contributed by atoms with Crippen LogP contribution in [0, 0.1) is 0 Å². The predicted octanol–water partition coefficient (Wildman–Crippen LogP) is 3.73. The Hall–Kier alpha value is -2.24. The molecule has 0 aromatic heterocycles. The molecule has 0 saturated carbocycles. The van der Waals surface area contributed by atoms with Crippen LogP contribution in [0.3, 0.4) is 0 Å². The molecule has 26 heavy (non-hydrogen) atoms. The van der Waals surface area contributed by atoms with E-state index in [0.29, 0.717) is 47.1 Å². The average molecular weight is 393 g/mol. The van der Waals surface area contributed by atoms with Crippen LogP contribution in [-0.4, -0.2) is 41.0 Å². The van der Waals surface area contributed by atoms with Gasteiger partial charge in [-0.05, 0) is 43.2 Å². The van der Waals surface area contributed by atoms with Crippen LogP contribution < -0.4 is 5.32 Å². The number of nitrogens with one attached hydrogen (secondary N) is 1. The Morgan fingerprint density at radius 2 is 1.73 bits per heavy atom. The van der Waals surface area contributed by atoms with E-state index in [-0.39, 0.29) is 23.6 Å². The van der Waals surface area contributed by atoms with E-state index in [1.165, 1.54) is 12.1 Å². The Kier molecular flexibility index (Phi) is 5.69. The third kappa shape index (κ3) is 4.11. The zero-order chi connectivity index (χ0) is 18.7. The maximum atomic E-state index is 12.5. The van der Waals surface area contributed by atoms with Crippen molar-refractivity contribution in [3.63, 3.8) is 0 Å². The van der Waals surface area contributed by atoms with Gasteiger partial charge in [-0.15, -0.1) is 0 Å². The van der Waals surface area contributed by atoms with Crippen molar-refractivity contribution in [3.05, 3.63) is 63.6 Å². The van der Waals surface area contributed by atoms with Gasteiger partial charge in [-0.1, -0.05) is 35.3 Å². The van der Waals surface area contributed by atoms with Crippen molar-refractivity contribution in [1.29, 1.82) is 0 Å². The van der Waals surface area contributed by atoms with E-state index in [9.17, 15) is 14.7 Å². The molecule has 2 aromatic rings. The summed E-state index contributed by atoms with van der Waals surface area (Å²) in [6.45, 7) is 1.03. The summed E-state index contributed by atoms with van der Waals surface area (Å²) in [6, 6.07) is 11.2. The quantitative estimate of drug-likeness (QED) is 0.835. The number of carbonyl (C=O) groups is 2. The molecule has 1 aliphatic heterocycles. The van der Waals surface area contributed by atoms with E-state index in [1.807, 2.05) is 0 Å². The molecular weight excluding hydrogens is 375 g/mol. The van der Waals surface area contributed by atoms with Gasteiger partial charge >= 0.3 is 0 Å². The van der Waals surface area contributed by atoms with Gasteiger partial charge in [0.15, 0.2) is 0 Å². The number of hydrogen-bond donors (Lipinski definition) is 2. The fraction of sp³-hybridized carbons (Fsp3) is 0.263. The van der Waals surface area contributed by atoms with Crippen LogP contribution in [0.15, 0.2) is 42.5 Å². The first-order valence-electron chi connectivity index (χ1n) is 8.29. The largest absolute Gasteiger partial charge is 0.507 e. The molecule has 0 bridgehead atoms. The molecule has 136 valence electrons. The molecule has 1 fully saturated rings. The lowest BCUT2D eigenvalue weighted by Crippen LogP contribution is -2.46. The molecule has 1 saturated heterocycles. The Bertz CT molecular complexity index is 833. The van der Waals surface area contributed by atoms with Crippen molar-refractivity contribution >= 4 is 35.0 Å². The fourth-order valence-electron chi connectivity index (χ4n) is 2.96. The van der Waals surface area contributed by atoms with Gasteiger partial charge in [0.2, 0.25) is 0 Å². The maximum absolute atomic E-state index is 12.5. The van der Waals surface area contributed by atoms with Gasteiger partial charge in [0.1, 0.15) is 5.75 Å². The Morgan fingerprint density at radius 1 is 1.04 bits per heavy atom. The number of halogens is 2. The van der Waals surface area contributed by atoms with E-state index in [4.69, 9.17) is 23.2 Å². The van der Waals surface area contributed by atoms with Crippen LogP contribution in [-0.2, 0) is 0 Å². The van der Waals surface area contributed by atoms with Crippen molar-refractivity contribution in [3.8, 4) is 5.75 Å². The normalized spacial score (nSPS) is 14.9. The van der Waals surface area contributed by atoms with Crippen molar-refractivity contribution in [1.82, 2.24) is 10.2 Å². The zero-order valence-electron chi connectivity index (χ0n) is 13.9. The highest BCUT2D eigenvalue weighted by Crippen LogP contribution is 2.23. The van der Waals surface area contributed by atoms with E-state index in [2.05, 4.69) is 5.32 Å². The minimum atomic E-state index is -0.214. The zero-order valence-corrected chi connectivity index (χ0v) is 15.4. The smallest absolute Gasteiger partial charge is 0.257 e. The standard InChI is InChI=1S/C19H18Cl2N2O3/c20-15-6-5-12(11-16(15)21)18(25)22-13-7-9-23(10-8-13)19(26)14-3-1-2-4-17(14)24/h1-6,11,13,24H,7-10H2,(H,22,25). The summed E-state index contributed by atoms with van der Waals surface area (Å²) in [5, 5.41) is 13.5. The molecule has 2 aromatic carbocycles. The monoisotopic (exact) mass is 392 g/mol. The molecule has 3 rings (SSSR count). The molecule has 0 aliphatic carbocycles. The van der Waals surface area contributed by atoms with Gasteiger partial charge < -0.3 is 15.3 Å². The number of phenolic OH excluding ortho intramolecular Hbond substituents is 1. The summed E-state index contributed by atoms with van der Waals surface area (Å²) in [6.07, 6.45) is 1.29. The van der Waals surface area contributed by atoms with E-state index in [1.54, 1.807) is 35.2 Å². The molecule has 1 heterocycles. The number of nitrogens with zero attached hydrogens (tertiary/aromatic N) is 1. The molecular formula is C19H18Cl2N2O3. The van der Waals surface area contributed by atoms with E-state index >= 15 is 0 Å². The summed E-state index contributed by atoms with van der Waals surface area (Å²) in [5.41, 5.74) is 0.748. The Morgan fingerprint density at radius 3 is 2.38 bits per heavy atom. The van der Waals surface area contributed by atoms with Gasteiger partial charge in [-0.25, -0.2) is 0 Å². The highest BCUT2D eigenvalue weighted by molar-refractivity contribution is 6.42. The Labute approximate surface area is 161 Å². The van der Waals surface area contributed by atoms with E-state index in [0.717, 1.165) is 0 Å². The molecule has 5 nitrogen and oxygen atoms in total. The Balaban J connectivity index is 1.57. The lowest BCUT2D eigenvalue weighted by molar-refractivity contribution is 0.0695. The minimum Gasteiger partial charge on any atom is -0.507 e. The molecule has 0 unspecified atom stereocenters. The number of hydrogen-bond acceptors (Lipinski definition) is 3. The summed E-state index contributed by atoms with van der Waals surface area (Å²) >= 11 is 11.8. The van der Waals surface area contributed by atoms with Crippen LogP contribution in [0.1, 0.15) is 33.6 Å². The van der Waals surface area contributed by atoms with Gasteiger partial charge in [-0.3, -0.25) is 9.59 Å². The number of carbonyl (C=O) groups excluding carboxylic acids is 2. The molecule has 2 N–H and O–H groups in total. The van der Waals surface area contributed by atoms with Crippen LogP contribution in [0.4, 0.5) is 0 Å². The number of amides is 2. The first-order valence-corrected chi connectivity index (χ1v) is 9.04. The molecule has 7 heteroatoms. The number of piperidine rings is 1. The fourth-order valence-corrected chi connectivity index (χ4v) is 3.26. The van der Waals surface area contributed by atoms with Crippen LogP contribution >= 0.6 is 23.2 Å². The highest BCUT2D eigenvalue weighted by atomic mass is 35.5. The summed E-state index contributed by atoms with van der Waals surface area (Å²) < 4.78 is 0. The second kappa shape index (κ2) is 7.98. The van der Waals surface area contributed by atoms with Crippen molar-refractivity contribution in [2.24, 2.45) is 0 Å². The SMILES string of the molecule is O=C(NC1CCN(C(=O)c2ccccc2O)CC1)c1ccc(Cl)c(Cl)c1. The highest BCUT2D eigenvalue weighted by Gasteiger charge is 2.26.